The van der Waals surface area contributed by atoms with Crippen molar-refractivity contribution in [1.82, 2.24) is 0 Å². The number of aliphatic hydroxyl groups excluding tert-OH is 4. The lowest BCUT2D eigenvalue weighted by atomic mass is 10.1. The first-order valence-electron chi connectivity index (χ1n) is 8.83. The van der Waals surface area contributed by atoms with Crippen molar-refractivity contribution >= 4 is 5.97 Å². The van der Waals surface area contributed by atoms with Crippen molar-refractivity contribution in [3.05, 3.63) is 11.5 Å². The average Bonchev–Trinajstić information content (AvgIpc) is 2.93. The van der Waals surface area contributed by atoms with Gasteiger partial charge in [0.2, 0.25) is 5.76 Å². The summed E-state index contributed by atoms with van der Waals surface area (Å²) in [6, 6.07) is 0. The Bertz CT molecular complexity index is 423. The molecule has 8 heteroatoms. The molecule has 4 N–H and O–H groups in total. The molecule has 0 aromatic heterocycles. The molecule has 0 spiro atoms. The quantitative estimate of drug-likeness (QED) is 0.255. The zero-order valence-corrected chi connectivity index (χ0v) is 14.7. The van der Waals surface area contributed by atoms with E-state index in [1.165, 1.54) is 19.3 Å². The van der Waals surface area contributed by atoms with E-state index in [0.717, 1.165) is 19.3 Å². The van der Waals surface area contributed by atoms with Gasteiger partial charge < -0.3 is 34.6 Å². The first kappa shape index (κ1) is 21.7. The maximum absolute atomic E-state index is 11.9. The Morgan fingerprint density at radius 3 is 2.36 bits per heavy atom. The highest BCUT2D eigenvalue weighted by Gasteiger charge is 2.42. The van der Waals surface area contributed by atoms with Crippen molar-refractivity contribution in [3.63, 3.8) is 0 Å². The summed E-state index contributed by atoms with van der Waals surface area (Å²) in [5.74, 6) is -1.05. The Kier molecular flexibility index (Phi) is 10.5. The number of unbranched alkanes of at least 4 members (excludes halogenated alkanes) is 5. The SMILES string of the molecule is CCCCCCCCOC1=C(OC[C@H](O)CO)C(=O)O[C@@H]1[C@H](O)CO. The van der Waals surface area contributed by atoms with Crippen LogP contribution in [0.2, 0.25) is 0 Å². The summed E-state index contributed by atoms with van der Waals surface area (Å²) in [6.45, 7) is 1.04. The molecule has 1 heterocycles. The fourth-order valence-electron chi connectivity index (χ4n) is 2.38. The van der Waals surface area contributed by atoms with Gasteiger partial charge in [-0.25, -0.2) is 4.79 Å². The molecule has 0 unspecified atom stereocenters. The van der Waals surface area contributed by atoms with E-state index in [1.54, 1.807) is 0 Å². The highest BCUT2D eigenvalue weighted by molar-refractivity contribution is 5.89. The Hall–Kier alpha value is -1.35. The number of carbonyl (C=O) groups is 1. The molecular formula is C17H30O8. The second-order valence-corrected chi connectivity index (χ2v) is 6.03. The molecule has 0 aromatic carbocycles. The molecule has 1 aliphatic rings. The molecule has 0 bridgehead atoms. The minimum Gasteiger partial charge on any atom is -0.490 e. The topological polar surface area (TPSA) is 126 Å². The lowest BCUT2D eigenvalue weighted by molar-refractivity contribution is -0.149. The van der Waals surface area contributed by atoms with Crippen LogP contribution in [0.25, 0.3) is 0 Å². The van der Waals surface area contributed by atoms with Gasteiger partial charge in [-0.3, -0.25) is 0 Å². The number of esters is 1. The van der Waals surface area contributed by atoms with Gasteiger partial charge in [0, 0.05) is 0 Å². The molecule has 0 saturated heterocycles. The fraction of sp³-hybridized carbons (Fsp3) is 0.824. The van der Waals surface area contributed by atoms with E-state index in [-0.39, 0.29) is 18.1 Å². The number of ether oxygens (including phenoxy) is 3. The average molecular weight is 362 g/mol. The lowest BCUT2D eigenvalue weighted by Crippen LogP contribution is -2.32. The molecular weight excluding hydrogens is 332 g/mol. The largest absolute Gasteiger partial charge is 0.490 e. The third-order valence-electron chi connectivity index (χ3n) is 3.82. The Balaban J connectivity index is 2.62. The number of aliphatic hydroxyl groups is 4. The summed E-state index contributed by atoms with van der Waals surface area (Å²) in [4.78, 5) is 11.9. The zero-order valence-electron chi connectivity index (χ0n) is 14.7. The minimum atomic E-state index is -1.33. The normalized spacial score (nSPS) is 19.7. The number of carbonyl (C=O) groups excluding carboxylic acids is 1. The molecule has 3 atom stereocenters. The van der Waals surface area contributed by atoms with E-state index < -0.39 is 37.5 Å². The molecule has 25 heavy (non-hydrogen) atoms. The van der Waals surface area contributed by atoms with Crippen LogP contribution in [0, 0.1) is 0 Å². The Labute approximate surface area is 148 Å². The molecule has 8 nitrogen and oxygen atoms in total. The van der Waals surface area contributed by atoms with Gasteiger partial charge in [-0.1, -0.05) is 39.0 Å². The van der Waals surface area contributed by atoms with E-state index in [2.05, 4.69) is 6.92 Å². The highest BCUT2D eigenvalue weighted by atomic mass is 16.6. The first-order chi connectivity index (χ1) is 12.0. The van der Waals surface area contributed by atoms with Crippen molar-refractivity contribution in [2.45, 2.75) is 63.8 Å². The monoisotopic (exact) mass is 362 g/mol. The van der Waals surface area contributed by atoms with Gasteiger partial charge in [-0.15, -0.1) is 0 Å². The molecule has 0 fully saturated rings. The van der Waals surface area contributed by atoms with E-state index in [1.807, 2.05) is 0 Å². The van der Waals surface area contributed by atoms with Crippen LogP contribution < -0.4 is 0 Å². The second kappa shape index (κ2) is 12.1. The van der Waals surface area contributed by atoms with Crippen LogP contribution in [-0.4, -0.2) is 71.1 Å². The molecule has 0 aliphatic carbocycles. The molecule has 0 amide bonds. The molecule has 0 saturated carbocycles. The van der Waals surface area contributed by atoms with Gasteiger partial charge in [0.25, 0.3) is 0 Å². The van der Waals surface area contributed by atoms with Crippen LogP contribution in [0.1, 0.15) is 45.4 Å². The third-order valence-corrected chi connectivity index (χ3v) is 3.82. The van der Waals surface area contributed by atoms with E-state index in [4.69, 9.17) is 24.4 Å². The first-order valence-corrected chi connectivity index (χ1v) is 8.83. The molecule has 0 aromatic rings. The third kappa shape index (κ3) is 7.19. The van der Waals surface area contributed by atoms with Crippen molar-refractivity contribution in [2.24, 2.45) is 0 Å². The van der Waals surface area contributed by atoms with Crippen LogP contribution in [0.5, 0.6) is 0 Å². The summed E-state index contributed by atoms with van der Waals surface area (Å²) >= 11 is 0. The number of rotatable bonds is 14. The number of hydrogen-bond acceptors (Lipinski definition) is 8. The lowest BCUT2D eigenvalue weighted by Gasteiger charge is -2.18. The van der Waals surface area contributed by atoms with E-state index in [9.17, 15) is 15.0 Å². The van der Waals surface area contributed by atoms with Crippen molar-refractivity contribution in [1.29, 1.82) is 0 Å². The zero-order chi connectivity index (χ0) is 18.7. The van der Waals surface area contributed by atoms with Gasteiger partial charge in [0.15, 0.2) is 11.9 Å². The predicted octanol–water partition coefficient (Wildman–Crippen LogP) is 0.223. The van der Waals surface area contributed by atoms with Crippen LogP contribution in [-0.2, 0) is 19.0 Å². The Morgan fingerprint density at radius 1 is 1.04 bits per heavy atom. The van der Waals surface area contributed by atoms with Crippen molar-refractivity contribution in [2.75, 3.05) is 26.4 Å². The summed E-state index contributed by atoms with van der Waals surface area (Å²) in [5, 5.41) is 37.1. The maximum Gasteiger partial charge on any atom is 0.378 e. The Morgan fingerprint density at radius 2 is 1.72 bits per heavy atom. The summed E-state index contributed by atoms with van der Waals surface area (Å²) in [5.41, 5.74) is 0. The van der Waals surface area contributed by atoms with Crippen LogP contribution >= 0.6 is 0 Å². The molecule has 146 valence electrons. The van der Waals surface area contributed by atoms with E-state index in [0.29, 0.717) is 6.61 Å². The van der Waals surface area contributed by atoms with Crippen LogP contribution in [0.4, 0.5) is 0 Å². The molecule has 1 rings (SSSR count). The van der Waals surface area contributed by atoms with Gasteiger partial charge in [0.05, 0.1) is 19.8 Å². The minimum absolute atomic E-state index is 0.0187. The fourth-order valence-corrected chi connectivity index (χ4v) is 2.38. The van der Waals surface area contributed by atoms with Gasteiger partial charge in [-0.2, -0.15) is 0 Å². The highest BCUT2D eigenvalue weighted by Crippen LogP contribution is 2.27. The molecule has 0 radical (unpaired) electrons. The maximum atomic E-state index is 11.9. The summed E-state index contributed by atoms with van der Waals surface area (Å²) in [7, 11) is 0. The summed E-state index contributed by atoms with van der Waals surface area (Å²) < 4.78 is 15.8. The molecule has 1 aliphatic heterocycles. The smallest absolute Gasteiger partial charge is 0.378 e. The standard InChI is InChI=1S/C17H30O8/c1-2-3-4-5-6-7-8-23-15-14(13(21)10-19)25-17(22)16(15)24-11-12(20)9-18/h12-14,18-21H,2-11H2,1H3/t12-,13-,14-/m1/s1. The van der Waals surface area contributed by atoms with Crippen molar-refractivity contribution in [3.8, 4) is 0 Å². The number of cyclic esters (lactones) is 1. The van der Waals surface area contributed by atoms with Gasteiger partial charge in [-0.05, 0) is 6.42 Å². The van der Waals surface area contributed by atoms with Crippen molar-refractivity contribution < 1.29 is 39.4 Å². The van der Waals surface area contributed by atoms with Gasteiger partial charge in [0.1, 0.15) is 18.8 Å². The van der Waals surface area contributed by atoms with E-state index >= 15 is 0 Å². The van der Waals surface area contributed by atoms with Crippen LogP contribution in [0.15, 0.2) is 11.5 Å². The number of hydrogen-bond donors (Lipinski definition) is 4. The van der Waals surface area contributed by atoms with Crippen LogP contribution in [0.3, 0.4) is 0 Å². The summed E-state index contributed by atoms with van der Waals surface area (Å²) in [6.07, 6.45) is 2.77. The van der Waals surface area contributed by atoms with Gasteiger partial charge >= 0.3 is 5.97 Å². The second-order valence-electron chi connectivity index (χ2n) is 6.03. The predicted molar refractivity (Wildman–Crippen MR) is 88.4 cm³/mol.